The highest BCUT2D eigenvalue weighted by atomic mass is 35.5. The van der Waals surface area contributed by atoms with E-state index in [-0.39, 0.29) is 18.2 Å². The first-order valence-corrected chi connectivity index (χ1v) is 9.60. The molecule has 1 atom stereocenters. The van der Waals surface area contributed by atoms with Crippen molar-refractivity contribution < 1.29 is 9.59 Å². The molecular formula is C22H27ClN2O2. The monoisotopic (exact) mass is 386 g/mol. The van der Waals surface area contributed by atoms with Crippen molar-refractivity contribution in [2.45, 2.75) is 39.8 Å². The molecule has 0 bridgehead atoms. The lowest BCUT2D eigenvalue weighted by molar-refractivity contribution is -0.140. The van der Waals surface area contributed by atoms with Crippen LogP contribution in [0.1, 0.15) is 31.9 Å². The van der Waals surface area contributed by atoms with Crippen molar-refractivity contribution in [1.29, 1.82) is 0 Å². The van der Waals surface area contributed by atoms with Crippen LogP contribution >= 0.6 is 11.6 Å². The zero-order valence-corrected chi connectivity index (χ0v) is 16.9. The number of nitrogens with zero attached hydrogens (tertiary/aromatic N) is 1. The molecule has 144 valence electrons. The molecule has 2 rings (SSSR count). The predicted molar refractivity (Wildman–Crippen MR) is 109 cm³/mol. The fourth-order valence-corrected chi connectivity index (χ4v) is 2.82. The van der Waals surface area contributed by atoms with Crippen LogP contribution in [0.2, 0.25) is 5.02 Å². The Hall–Kier alpha value is -2.33. The number of rotatable bonds is 8. The molecule has 0 aromatic heterocycles. The van der Waals surface area contributed by atoms with Gasteiger partial charge in [-0.05, 0) is 36.1 Å². The smallest absolute Gasteiger partial charge is 0.242 e. The number of carbonyl (C=O) groups excluding carboxylic acids is 2. The van der Waals surface area contributed by atoms with Gasteiger partial charge in [-0.15, -0.1) is 0 Å². The quantitative estimate of drug-likeness (QED) is 0.743. The van der Waals surface area contributed by atoms with Gasteiger partial charge in [0.25, 0.3) is 0 Å². The number of carbonyl (C=O) groups is 2. The number of halogens is 1. The van der Waals surface area contributed by atoms with E-state index in [1.165, 1.54) is 0 Å². The molecule has 0 saturated carbocycles. The second kappa shape index (κ2) is 10.1. The minimum atomic E-state index is -0.560. The van der Waals surface area contributed by atoms with Gasteiger partial charge >= 0.3 is 0 Å². The van der Waals surface area contributed by atoms with E-state index in [2.05, 4.69) is 5.32 Å². The van der Waals surface area contributed by atoms with Crippen molar-refractivity contribution in [3.05, 3.63) is 70.7 Å². The Labute approximate surface area is 166 Å². The Morgan fingerprint density at radius 3 is 2.19 bits per heavy atom. The lowest BCUT2D eigenvalue weighted by Gasteiger charge is -2.29. The summed E-state index contributed by atoms with van der Waals surface area (Å²) < 4.78 is 0. The Bertz CT molecular complexity index is 745. The van der Waals surface area contributed by atoms with Gasteiger partial charge in [0.05, 0.1) is 6.42 Å². The topological polar surface area (TPSA) is 49.4 Å². The lowest BCUT2D eigenvalue weighted by atomic mass is 10.1. The summed E-state index contributed by atoms with van der Waals surface area (Å²) in [5, 5.41) is 3.56. The van der Waals surface area contributed by atoms with Gasteiger partial charge in [0.2, 0.25) is 11.8 Å². The van der Waals surface area contributed by atoms with E-state index in [1.54, 1.807) is 24.0 Å². The molecule has 4 nitrogen and oxygen atoms in total. The Balaban J connectivity index is 2.17. The van der Waals surface area contributed by atoms with Crippen molar-refractivity contribution >= 4 is 23.4 Å². The summed E-state index contributed by atoms with van der Waals surface area (Å²) in [4.78, 5) is 27.2. The van der Waals surface area contributed by atoms with E-state index in [9.17, 15) is 9.59 Å². The zero-order valence-electron chi connectivity index (χ0n) is 16.1. The highest BCUT2D eigenvalue weighted by molar-refractivity contribution is 6.30. The second-order valence-electron chi connectivity index (χ2n) is 7.13. The molecule has 2 amide bonds. The van der Waals surface area contributed by atoms with Crippen LogP contribution in [0.25, 0.3) is 0 Å². The molecule has 0 fully saturated rings. The Morgan fingerprint density at radius 1 is 0.963 bits per heavy atom. The van der Waals surface area contributed by atoms with E-state index >= 15 is 0 Å². The summed E-state index contributed by atoms with van der Waals surface area (Å²) in [6.07, 6.45) is 0.260. The summed E-state index contributed by atoms with van der Waals surface area (Å²) in [6.45, 7) is 6.80. The van der Waals surface area contributed by atoms with Gasteiger partial charge in [-0.1, -0.05) is 67.9 Å². The van der Waals surface area contributed by atoms with Crippen molar-refractivity contribution in [2.75, 3.05) is 6.54 Å². The number of hydrogen-bond donors (Lipinski definition) is 1. The highest BCUT2D eigenvalue weighted by Gasteiger charge is 2.26. The molecule has 0 aliphatic heterocycles. The van der Waals surface area contributed by atoms with Crippen molar-refractivity contribution in [1.82, 2.24) is 10.2 Å². The summed E-state index contributed by atoms with van der Waals surface area (Å²) in [6, 6.07) is 16.4. The maximum Gasteiger partial charge on any atom is 0.242 e. The molecule has 0 unspecified atom stereocenters. The fourth-order valence-electron chi connectivity index (χ4n) is 2.69. The van der Waals surface area contributed by atoms with Crippen molar-refractivity contribution in [3.63, 3.8) is 0 Å². The van der Waals surface area contributed by atoms with Gasteiger partial charge in [0.1, 0.15) is 6.04 Å². The van der Waals surface area contributed by atoms with Crippen LogP contribution in [0.3, 0.4) is 0 Å². The largest absolute Gasteiger partial charge is 0.354 e. The maximum absolute atomic E-state index is 13.0. The lowest BCUT2D eigenvalue weighted by Crippen LogP contribution is -2.48. The highest BCUT2D eigenvalue weighted by Crippen LogP contribution is 2.15. The molecule has 5 heteroatoms. The van der Waals surface area contributed by atoms with Crippen molar-refractivity contribution in [3.8, 4) is 0 Å². The standard InChI is InChI=1S/C22H27ClN2O2/c1-16(2)14-24-22(27)17(3)25(15-19-9-11-20(23)12-10-19)21(26)13-18-7-5-4-6-8-18/h4-12,16-17H,13-15H2,1-3H3,(H,24,27)/t17-/m1/s1. The van der Waals surface area contributed by atoms with Crippen LogP contribution in [0, 0.1) is 5.92 Å². The molecule has 2 aromatic carbocycles. The van der Waals surface area contributed by atoms with Gasteiger partial charge in [-0.3, -0.25) is 9.59 Å². The fraction of sp³-hybridized carbons (Fsp3) is 0.364. The number of amides is 2. The van der Waals surface area contributed by atoms with Gasteiger partial charge < -0.3 is 10.2 Å². The third-order valence-corrected chi connectivity index (χ3v) is 4.57. The van der Waals surface area contributed by atoms with Gasteiger partial charge in [-0.25, -0.2) is 0 Å². The van der Waals surface area contributed by atoms with E-state index < -0.39 is 6.04 Å². The first kappa shape index (κ1) is 21.0. The molecule has 0 aliphatic carbocycles. The molecule has 2 aromatic rings. The van der Waals surface area contributed by atoms with Gasteiger partial charge in [0, 0.05) is 18.1 Å². The third kappa shape index (κ3) is 6.72. The average Bonchev–Trinajstić information content (AvgIpc) is 2.65. The molecule has 0 saturated heterocycles. The molecule has 0 aliphatic rings. The Kier molecular flexibility index (Phi) is 7.86. The van der Waals surface area contributed by atoms with E-state index in [0.29, 0.717) is 24.0 Å². The molecule has 0 spiro atoms. The van der Waals surface area contributed by atoms with Crippen LogP contribution in [-0.4, -0.2) is 29.3 Å². The molecule has 0 radical (unpaired) electrons. The van der Waals surface area contributed by atoms with E-state index in [0.717, 1.165) is 11.1 Å². The third-order valence-electron chi connectivity index (χ3n) is 4.32. The Morgan fingerprint density at radius 2 is 1.59 bits per heavy atom. The molecular weight excluding hydrogens is 360 g/mol. The summed E-state index contributed by atoms with van der Waals surface area (Å²) in [5.74, 6) is 0.133. The van der Waals surface area contributed by atoms with E-state index in [4.69, 9.17) is 11.6 Å². The maximum atomic E-state index is 13.0. The number of hydrogen-bond acceptors (Lipinski definition) is 2. The van der Waals surface area contributed by atoms with Crippen LogP contribution in [0.4, 0.5) is 0 Å². The van der Waals surface area contributed by atoms with Crippen LogP contribution in [-0.2, 0) is 22.6 Å². The number of nitrogens with one attached hydrogen (secondary N) is 1. The molecule has 1 N–H and O–H groups in total. The first-order chi connectivity index (χ1) is 12.9. The van der Waals surface area contributed by atoms with Crippen LogP contribution in [0.5, 0.6) is 0 Å². The summed E-state index contributed by atoms with van der Waals surface area (Å²) in [5.41, 5.74) is 1.86. The normalized spacial score (nSPS) is 11.9. The second-order valence-corrected chi connectivity index (χ2v) is 7.56. The summed E-state index contributed by atoms with van der Waals surface area (Å²) >= 11 is 5.96. The minimum absolute atomic E-state index is 0.0802. The van der Waals surface area contributed by atoms with Crippen molar-refractivity contribution in [2.24, 2.45) is 5.92 Å². The first-order valence-electron chi connectivity index (χ1n) is 9.22. The van der Waals surface area contributed by atoms with E-state index in [1.807, 2.05) is 56.3 Å². The van der Waals surface area contributed by atoms with Gasteiger partial charge in [-0.2, -0.15) is 0 Å². The predicted octanol–water partition coefficient (Wildman–Crippen LogP) is 4.07. The minimum Gasteiger partial charge on any atom is -0.354 e. The molecule has 0 heterocycles. The van der Waals surface area contributed by atoms with Crippen LogP contribution < -0.4 is 5.32 Å². The zero-order chi connectivity index (χ0) is 19.8. The van der Waals surface area contributed by atoms with Gasteiger partial charge in [0.15, 0.2) is 0 Å². The number of benzene rings is 2. The molecule has 27 heavy (non-hydrogen) atoms. The van der Waals surface area contributed by atoms with Crippen LogP contribution in [0.15, 0.2) is 54.6 Å². The SMILES string of the molecule is CC(C)CNC(=O)[C@@H](C)N(Cc1ccc(Cl)cc1)C(=O)Cc1ccccc1. The average molecular weight is 387 g/mol. The summed E-state index contributed by atoms with van der Waals surface area (Å²) in [7, 11) is 0.